The molecule has 5 nitrogen and oxygen atoms in total. The van der Waals surface area contributed by atoms with Gasteiger partial charge in [-0.25, -0.2) is 0 Å². The van der Waals surface area contributed by atoms with Crippen LogP contribution >= 0.6 is 12.4 Å². The molecule has 0 aliphatic rings. The molecule has 2 atom stereocenters. The van der Waals surface area contributed by atoms with Crippen LogP contribution in [0.3, 0.4) is 0 Å². The zero-order chi connectivity index (χ0) is 20.9. The summed E-state index contributed by atoms with van der Waals surface area (Å²) in [7, 11) is 1.46. The molecule has 0 saturated heterocycles. The first-order valence-corrected chi connectivity index (χ1v) is 8.60. The van der Waals surface area contributed by atoms with Crippen molar-refractivity contribution in [2.45, 2.75) is 24.7 Å². The highest BCUT2D eigenvalue weighted by molar-refractivity contribution is 5.87. The molecular formula is C20H24ClF3N2O3. The van der Waals surface area contributed by atoms with E-state index in [-0.39, 0.29) is 24.7 Å². The summed E-state index contributed by atoms with van der Waals surface area (Å²) in [6, 6.07) is 13.5. The minimum atomic E-state index is -4.56. The van der Waals surface area contributed by atoms with Gasteiger partial charge in [0, 0.05) is 13.6 Å². The molecule has 0 fully saturated rings. The van der Waals surface area contributed by atoms with Gasteiger partial charge in [0.05, 0.1) is 5.56 Å². The molecule has 3 N–H and O–H groups in total. The summed E-state index contributed by atoms with van der Waals surface area (Å²) >= 11 is 0. The van der Waals surface area contributed by atoms with Gasteiger partial charge in [-0.15, -0.1) is 12.4 Å². The van der Waals surface area contributed by atoms with Gasteiger partial charge >= 0.3 is 6.18 Å². The predicted molar refractivity (Wildman–Crippen MR) is 106 cm³/mol. The highest BCUT2D eigenvalue weighted by Gasteiger charge is 2.35. The van der Waals surface area contributed by atoms with Crippen molar-refractivity contribution in [3.63, 3.8) is 0 Å². The number of para-hydroxylation sites is 1. The monoisotopic (exact) mass is 432 g/mol. The number of aliphatic hydroxyl groups is 1. The molecule has 0 saturated carbocycles. The normalized spacial score (nSPS) is 14.3. The molecule has 2 unspecified atom stereocenters. The van der Waals surface area contributed by atoms with Crippen LogP contribution in [0.15, 0.2) is 54.6 Å². The van der Waals surface area contributed by atoms with Crippen molar-refractivity contribution >= 4 is 18.3 Å². The van der Waals surface area contributed by atoms with E-state index in [1.165, 1.54) is 30.1 Å². The number of hydrogen-bond donors (Lipinski definition) is 2. The maximum atomic E-state index is 13.0. The number of rotatable bonds is 7. The third-order valence-corrected chi connectivity index (χ3v) is 4.27. The van der Waals surface area contributed by atoms with Gasteiger partial charge in [-0.3, -0.25) is 4.79 Å². The summed E-state index contributed by atoms with van der Waals surface area (Å²) in [5.74, 6) is -0.815. The van der Waals surface area contributed by atoms with E-state index in [0.717, 1.165) is 6.07 Å². The van der Waals surface area contributed by atoms with E-state index in [1.54, 1.807) is 37.3 Å². The topological polar surface area (TPSA) is 75.8 Å². The number of carbonyl (C=O) groups excluding carboxylic acids is 1. The third-order valence-electron chi connectivity index (χ3n) is 4.27. The number of alkyl halides is 3. The predicted octanol–water partition coefficient (Wildman–Crippen LogP) is 3.20. The molecule has 0 heterocycles. The summed E-state index contributed by atoms with van der Waals surface area (Å²) in [6.45, 7) is 1.01. The summed E-state index contributed by atoms with van der Waals surface area (Å²) in [4.78, 5) is 13.9. The van der Waals surface area contributed by atoms with E-state index in [1.807, 2.05) is 0 Å². The first kappa shape index (κ1) is 24.7. The first-order chi connectivity index (χ1) is 13.0. The van der Waals surface area contributed by atoms with Gasteiger partial charge in [-0.2, -0.15) is 13.2 Å². The number of likely N-dealkylation sites (N-methyl/N-ethyl adjacent to an activating group) is 1. The van der Waals surface area contributed by atoms with Gasteiger partial charge in [0.2, 0.25) is 5.91 Å². The van der Waals surface area contributed by atoms with Gasteiger partial charge in [0.15, 0.2) is 0 Å². The summed E-state index contributed by atoms with van der Waals surface area (Å²) in [5, 5.41) is 10.1. The SMILES string of the molecule is CN(CC(O)COc1ccccc1C(F)(F)F)C(=O)C(C)(N)c1ccccc1.Cl. The zero-order valence-electron chi connectivity index (χ0n) is 16.0. The molecule has 2 rings (SSSR count). The second-order valence-electron chi connectivity index (χ2n) is 6.71. The van der Waals surface area contributed by atoms with Crippen molar-refractivity contribution in [1.82, 2.24) is 4.90 Å². The molecule has 0 spiro atoms. The maximum Gasteiger partial charge on any atom is 0.419 e. The molecule has 1 amide bonds. The minimum absolute atomic E-state index is 0. The van der Waals surface area contributed by atoms with E-state index >= 15 is 0 Å². The summed E-state index contributed by atoms with van der Waals surface area (Å²) in [5.41, 5.74) is 4.54. The van der Waals surface area contributed by atoms with Crippen LogP contribution < -0.4 is 10.5 Å². The van der Waals surface area contributed by atoms with Crippen LogP contribution in [0.5, 0.6) is 5.75 Å². The Balaban J connectivity index is 0.00000420. The van der Waals surface area contributed by atoms with E-state index in [4.69, 9.17) is 10.5 Å². The molecule has 0 aliphatic heterocycles. The number of hydrogen-bond acceptors (Lipinski definition) is 4. The number of ether oxygens (including phenoxy) is 1. The molecule has 160 valence electrons. The number of amides is 1. The lowest BCUT2D eigenvalue weighted by Crippen LogP contribution is -2.51. The average molecular weight is 433 g/mol. The third kappa shape index (κ3) is 6.35. The zero-order valence-corrected chi connectivity index (χ0v) is 16.8. The van der Waals surface area contributed by atoms with Crippen LogP contribution in [-0.2, 0) is 16.5 Å². The Bertz CT molecular complexity index is 801. The number of carbonyl (C=O) groups is 1. The molecule has 0 bridgehead atoms. The van der Waals surface area contributed by atoms with E-state index in [2.05, 4.69) is 0 Å². The molecule has 2 aromatic rings. The Morgan fingerprint density at radius 2 is 1.69 bits per heavy atom. The summed E-state index contributed by atoms with van der Waals surface area (Å²) in [6.07, 6.45) is -5.76. The van der Waals surface area contributed by atoms with Crippen molar-refractivity contribution in [3.05, 3.63) is 65.7 Å². The van der Waals surface area contributed by atoms with Crippen molar-refractivity contribution in [2.24, 2.45) is 5.73 Å². The van der Waals surface area contributed by atoms with Crippen LogP contribution in [0.25, 0.3) is 0 Å². The Kier molecular flexibility index (Phi) is 8.50. The van der Waals surface area contributed by atoms with Crippen LogP contribution in [0.2, 0.25) is 0 Å². The van der Waals surface area contributed by atoms with Crippen LogP contribution in [0.4, 0.5) is 13.2 Å². The van der Waals surface area contributed by atoms with Crippen molar-refractivity contribution in [3.8, 4) is 5.75 Å². The van der Waals surface area contributed by atoms with Crippen molar-refractivity contribution < 1.29 is 27.8 Å². The fourth-order valence-corrected chi connectivity index (χ4v) is 2.77. The van der Waals surface area contributed by atoms with Gasteiger partial charge in [-0.05, 0) is 24.6 Å². The highest BCUT2D eigenvalue weighted by atomic mass is 35.5. The Morgan fingerprint density at radius 1 is 1.14 bits per heavy atom. The van der Waals surface area contributed by atoms with Gasteiger partial charge in [0.1, 0.15) is 24.0 Å². The van der Waals surface area contributed by atoms with Crippen LogP contribution in [0.1, 0.15) is 18.1 Å². The molecule has 9 heteroatoms. The van der Waals surface area contributed by atoms with Gasteiger partial charge in [0.25, 0.3) is 0 Å². The second-order valence-corrected chi connectivity index (χ2v) is 6.71. The quantitative estimate of drug-likeness (QED) is 0.704. The first-order valence-electron chi connectivity index (χ1n) is 8.60. The lowest BCUT2D eigenvalue weighted by Gasteiger charge is -2.30. The van der Waals surface area contributed by atoms with E-state index in [0.29, 0.717) is 5.56 Å². The largest absolute Gasteiger partial charge is 0.490 e. The number of aliphatic hydroxyl groups excluding tert-OH is 1. The van der Waals surface area contributed by atoms with Crippen molar-refractivity contribution in [1.29, 1.82) is 0 Å². The maximum absolute atomic E-state index is 13.0. The highest BCUT2D eigenvalue weighted by Crippen LogP contribution is 2.35. The molecule has 0 aliphatic carbocycles. The van der Waals surface area contributed by atoms with Crippen LogP contribution in [0, 0.1) is 0 Å². The van der Waals surface area contributed by atoms with E-state index < -0.39 is 35.9 Å². The lowest BCUT2D eigenvalue weighted by molar-refractivity contribution is -0.139. The van der Waals surface area contributed by atoms with Gasteiger partial charge < -0.3 is 20.5 Å². The smallest absolute Gasteiger partial charge is 0.419 e. The minimum Gasteiger partial charge on any atom is -0.490 e. The molecular weight excluding hydrogens is 409 g/mol. The van der Waals surface area contributed by atoms with Crippen LogP contribution in [-0.4, -0.2) is 42.2 Å². The fraction of sp³-hybridized carbons (Fsp3) is 0.350. The molecule has 0 aromatic heterocycles. The second kappa shape index (κ2) is 9.96. The number of nitrogens with two attached hydrogens (primary N) is 1. The standard InChI is InChI=1S/C20H23F3N2O3.ClH/c1-19(24,14-8-4-3-5-9-14)18(27)25(2)12-15(26)13-28-17-11-7-6-10-16(17)20(21,22)23;/h3-11,15,26H,12-13,24H2,1-2H3;1H. The summed E-state index contributed by atoms with van der Waals surface area (Å²) < 4.78 is 44.1. The molecule has 29 heavy (non-hydrogen) atoms. The Hall–Kier alpha value is -2.29. The average Bonchev–Trinajstić information content (AvgIpc) is 2.65. The van der Waals surface area contributed by atoms with E-state index in [9.17, 15) is 23.1 Å². The van der Waals surface area contributed by atoms with Gasteiger partial charge in [-0.1, -0.05) is 42.5 Å². The molecule has 2 aromatic carbocycles. The molecule has 0 radical (unpaired) electrons. The Labute approximate surface area is 173 Å². The number of halogens is 4. The fourth-order valence-electron chi connectivity index (χ4n) is 2.77. The lowest BCUT2D eigenvalue weighted by atomic mass is 9.91. The Morgan fingerprint density at radius 3 is 2.28 bits per heavy atom. The number of benzene rings is 2. The number of nitrogens with zero attached hydrogens (tertiary/aromatic N) is 1. The van der Waals surface area contributed by atoms with Crippen molar-refractivity contribution in [2.75, 3.05) is 20.2 Å².